The molecule has 1 aliphatic rings. The van der Waals surface area contributed by atoms with E-state index in [4.69, 9.17) is 11.6 Å². The molecule has 1 aromatic heterocycles. The van der Waals surface area contributed by atoms with Gasteiger partial charge in [0.05, 0.1) is 6.61 Å². The molecule has 1 saturated heterocycles. The first kappa shape index (κ1) is 31.7. The van der Waals surface area contributed by atoms with Gasteiger partial charge in [-0.15, -0.1) is 22.9 Å². The van der Waals surface area contributed by atoms with E-state index in [1.54, 1.807) is 0 Å². The number of hydrogen-bond donors (Lipinski definition) is 2. The second-order valence-electron chi connectivity index (χ2n) is 6.24. The van der Waals surface area contributed by atoms with Crippen LogP contribution in [-0.2, 0) is 48.6 Å². The maximum Gasteiger partial charge on any atom is 1.00 e. The van der Waals surface area contributed by atoms with Crippen LogP contribution in [0, 0.1) is 0 Å². The molecule has 3 amide bonds. The Kier molecular flexibility index (Phi) is 12.2. The molecule has 1 fully saturated rings. The van der Waals surface area contributed by atoms with Crippen molar-refractivity contribution in [1.82, 2.24) is 14.6 Å². The predicted molar refractivity (Wildman–Crippen MR) is 115 cm³/mol. The zero-order chi connectivity index (χ0) is 26.3. The summed E-state index contributed by atoms with van der Waals surface area (Å²) in [5.74, 6) is -5.96. The van der Waals surface area contributed by atoms with Crippen molar-refractivity contribution in [2.75, 3.05) is 31.5 Å². The number of nitrogens with one attached hydrogen (secondary N) is 2. The molecule has 0 spiro atoms. The van der Waals surface area contributed by atoms with E-state index < -0.39 is 64.4 Å². The number of carbonyl (C=O) groups excluding carboxylic acids is 5. The standard InChI is InChI=1S/C16H18ClN5O11S2.Na/c1-3-32-9(24)5-33-15(27)12-11(14(26)22(12)35(28,29)30)20-13(25)10(21-31-2)7-6-34-16(18-7)19-8(23)4-17;/h6,11-12H,3-5H2,1-2H3,(H,20,25)(H,18,19,23)(H,28,29,30);/q;+1/p-1/b21-10-;/t11-,12-;/m1./s1. The minimum atomic E-state index is -5.47. The van der Waals surface area contributed by atoms with Crippen molar-refractivity contribution in [3.8, 4) is 0 Å². The molecule has 20 heteroatoms. The van der Waals surface area contributed by atoms with Crippen LogP contribution in [0.3, 0.4) is 0 Å². The van der Waals surface area contributed by atoms with Crippen molar-refractivity contribution < 1.29 is 80.8 Å². The van der Waals surface area contributed by atoms with E-state index in [0.29, 0.717) is 0 Å². The summed E-state index contributed by atoms with van der Waals surface area (Å²) in [5, 5.41) is 9.23. The van der Waals surface area contributed by atoms with Crippen LogP contribution in [0.2, 0.25) is 0 Å². The molecule has 2 atom stereocenters. The third-order valence-electron chi connectivity index (χ3n) is 3.97. The van der Waals surface area contributed by atoms with E-state index in [1.165, 1.54) is 12.3 Å². The number of alkyl halides is 1. The van der Waals surface area contributed by atoms with Gasteiger partial charge in [-0.3, -0.25) is 14.4 Å². The van der Waals surface area contributed by atoms with Gasteiger partial charge < -0.3 is 29.5 Å². The Morgan fingerprint density at radius 3 is 2.53 bits per heavy atom. The number of anilines is 1. The Bertz CT molecular complexity index is 1160. The van der Waals surface area contributed by atoms with Gasteiger partial charge in [-0.2, -0.15) is 0 Å². The van der Waals surface area contributed by atoms with E-state index in [2.05, 4.69) is 35.1 Å². The number of carbonyl (C=O) groups is 5. The number of esters is 2. The van der Waals surface area contributed by atoms with E-state index in [0.717, 1.165) is 18.4 Å². The maximum atomic E-state index is 12.8. The molecule has 2 heterocycles. The van der Waals surface area contributed by atoms with E-state index in [9.17, 15) is 36.9 Å². The molecule has 1 aromatic rings. The van der Waals surface area contributed by atoms with Gasteiger partial charge in [0.25, 0.3) is 11.8 Å². The maximum absolute atomic E-state index is 12.8. The van der Waals surface area contributed by atoms with Gasteiger partial charge in [-0.25, -0.2) is 27.3 Å². The molecule has 2 rings (SSSR count). The first-order valence-corrected chi connectivity index (χ1v) is 12.1. The van der Waals surface area contributed by atoms with Crippen LogP contribution in [0.25, 0.3) is 0 Å². The second kappa shape index (κ2) is 13.8. The fraction of sp³-hybridized carbons (Fsp3) is 0.438. The average Bonchev–Trinajstić information content (AvgIpc) is 3.24. The van der Waals surface area contributed by atoms with E-state index in [-0.39, 0.29) is 57.2 Å². The van der Waals surface area contributed by atoms with Crippen molar-refractivity contribution in [2.45, 2.75) is 19.0 Å². The zero-order valence-electron chi connectivity index (χ0n) is 18.9. The Morgan fingerprint density at radius 2 is 1.97 bits per heavy atom. The molecule has 0 bridgehead atoms. The topological polar surface area (TPSA) is 223 Å². The summed E-state index contributed by atoms with van der Waals surface area (Å²) in [6.07, 6.45) is 0. The van der Waals surface area contributed by atoms with Crippen LogP contribution in [0.1, 0.15) is 12.6 Å². The normalized spacial score (nSPS) is 17.3. The minimum absolute atomic E-state index is 0. The van der Waals surface area contributed by atoms with Crippen LogP contribution in [-0.4, -0.2) is 95.9 Å². The largest absolute Gasteiger partial charge is 1.00 e. The van der Waals surface area contributed by atoms with Crippen molar-refractivity contribution in [3.05, 3.63) is 11.1 Å². The summed E-state index contributed by atoms with van der Waals surface area (Å²) < 4.78 is 43.1. The van der Waals surface area contributed by atoms with Gasteiger partial charge in [0.1, 0.15) is 24.7 Å². The summed E-state index contributed by atoms with van der Waals surface area (Å²) >= 11 is 6.29. The smallest absolute Gasteiger partial charge is 0.731 e. The number of oxime groups is 1. The average molecular weight is 578 g/mol. The summed E-state index contributed by atoms with van der Waals surface area (Å²) in [5.41, 5.74) is -0.647. The summed E-state index contributed by atoms with van der Waals surface area (Å²) in [6.45, 7) is 0.516. The summed E-state index contributed by atoms with van der Waals surface area (Å²) in [6, 6.07) is -3.96. The molecule has 0 unspecified atom stereocenters. The van der Waals surface area contributed by atoms with Crippen molar-refractivity contribution in [1.29, 1.82) is 0 Å². The molecular formula is C16H17ClN5NaO11S2. The molecule has 16 nitrogen and oxygen atoms in total. The first-order chi connectivity index (χ1) is 16.4. The Hall–Kier alpha value is -2.35. The van der Waals surface area contributed by atoms with Gasteiger partial charge >= 0.3 is 41.5 Å². The van der Waals surface area contributed by atoms with Gasteiger partial charge in [-0.1, -0.05) is 5.16 Å². The fourth-order valence-corrected chi connectivity index (χ4v) is 4.20. The SMILES string of the molecule is CCOC(=O)COC(=O)[C@H]1[C@@H](NC(=O)/C(=N\OC)c2csc(NC(=O)CCl)n2)C(=O)N1S(=O)(=O)[O-].[Na+]. The Balaban J connectivity index is 0.00000648. The molecule has 2 N–H and O–H groups in total. The minimum Gasteiger partial charge on any atom is -0.731 e. The summed E-state index contributed by atoms with van der Waals surface area (Å²) in [4.78, 5) is 68.7. The van der Waals surface area contributed by atoms with E-state index in [1.807, 2.05) is 0 Å². The van der Waals surface area contributed by atoms with Gasteiger partial charge in [-0.05, 0) is 6.92 Å². The monoisotopic (exact) mass is 577 g/mol. The zero-order valence-corrected chi connectivity index (χ0v) is 23.3. The number of amides is 3. The third kappa shape index (κ3) is 7.82. The third-order valence-corrected chi connectivity index (χ3v) is 5.86. The van der Waals surface area contributed by atoms with E-state index >= 15 is 0 Å². The van der Waals surface area contributed by atoms with Crippen LogP contribution < -0.4 is 40.2 Å². The van der Waals surface area contributed by atoms with Crippen molar-refractivity contribution >= 4 is 73.7 Å². The van der Waals surface area contributed by atoms with Gasteiger partial charge in [0.15, 0.2) is 33.8 Å². The molecule has 192 valence electrons. The van der Waals surface area contributed by atoms with Crippen molar-refractivity contribution in [2.24, 2.45) is 5.16 Å². The number of ether oxygens (including phenoxy) is 2. The number of aromatic nitrogens is 1. The summed E-state index contributed by atoms with van der Waals surface area (Å²) in [7, 11) is -4.38. The molecule has 0 aromatic carbocycles. The number of halogens is 1. The number of nitrogens with zero attached hydrogens (tertiary/aromatic N) is 3. The molecular weight excluding hydrogens is 561 g/mol. The number of rotatable bonds is 11. The van der Waals surface area contributed by atoms with Crippen LogP contribution in [0.4, 0.5) is 5.13 Å². The Labute approximate surface area is 234 Å². The number of hydrogen-bond acceptors (Lipinski definition) is 14. The van der Waals surface area contributed by atoms with Crippen LogP contribution in [0.15, 0.2) is 10.5 Å². The predicted octanol–water partition coefficient (Wildman–Crippen LogP) is -5.06. The Morgan fingerprint density at radius 1 is 1.31 bits per heavy atom. The second-order valence-corrected chi connectivity index (χ2v) is 8.62. The molecule has 0 saturated carbocycles. The van der Waals surface area contributed by atoms with Crippen molar-refractivity contribution in [3.63, 3.8) is 0 Å². The first-order valence-electron chi connectivity index (χ1n) is 9.29. The number of β-lactam (4-membered cyclic amide) rings is 1. The molecule has 1 aliphatic heterocycles. The fourth-order valence-electron chi connectivity index (χ4n) is 2.60. The molecule has 0 aliphatic carbocycles. The molecule has 0 radical (unpaired) electrons. The number of thiazole rings is 1. The quantitative estimate of drug-likeness (QED) is 0.0479. The molecule has 36 heavy (non-hydrogen) atoms. The van der Waals surface area contributed by atoms with Crippen LogP contribution in [0.5, 0.6) is 0 Å². The van der Waals surface area contributed by atoms with Crippen LogP contribution >= 0.6 is 22.9 Å². The van der Waals surface area contributed by atoms with Gasteiger partial charge in [0, 0.05) is 5.38 Å². The van der Waals surface area contributed by atoms with Gasteiger partial charge in [0.2, 0.25) is 5.91 Å².